The molecule has 1 aliphatic rings. The lowest BCUT2D eigenvalue weighted by molar-refractivity contribution is -0.116. The second kappa shape index (κ2) is 11.6. The van der Waals surface area contributed by atoms with Crippen molar-refractivity contribution in [1.29, 1.82) is 0 Å². The lowest BCUT2D eigenvalue weighted by Gasteiger charge is -2.22. The highest BCUT2D eigenvalue weighted by atomic mass is 32.2. The Labute approximate surface area is 198 Å². The van der Waals surface area contributed by atoms with Crippen molar-refractivity contribution in [3.63, 3.8) is 0 Å². The SMILES string of the molecule is CC(=O)Cc1ccc(S(=O)(=O)NC(=O)NC2CCCCC2)cc1.O=c1[nH]cnc2ccccc12. The molecule has 1 fully saturated rings. The summed E-state index contributed by atoms with van der Waals surface area (Å²) in [5.74, 6) is 0.00518. The number of urea groups is 1. The van der Waals surface area contributed by atoms with Crippen molar-refractivity contribution in [3.05, 3.63) is 70.8 Å². The third-order valence-electron chi connectivity index (χ3n) is 5.40. The fraction of sp³-hybridized carbons (Fsp3) is 0.333. The van der Waals surface area contributed by atoms with E-state index in [1.165, 1.54) is 25.4 Å². The van der Waals surface area contributed by atoms with Gasteiger partial charge in [-0.3, -0.25) is 9.59 Å². The predicted molar refractivity (Wildman–Crippen MR) is 129 cm³/mol. The number of fused-ring (bicyclic) bond motifs is 1. The zero-order valence-electron chi connectivity index (χ0n) is 18.9. The largest absolute Gasteiger partial charge is 0.335 e. The first-order chi connectivity index (χ1) is 16.2. The number of sulfonamides is 1. The Morgan fingerprint density at radius 1 is 1.03 bits per heavy atom. The maximum absolute atomic E-state index is 12.2. The molecule has 2 aromatic carbocycles. The second-order valence-corrected chi connectivity index (χ2v) is 9.87. The summed E-state index contributed by atoms with van der Waals surface area (Å²) in [6, 6.07) is 12.5. The van der Waals surface area contributed by atoms with E-state index in [0.29, 0.717) is 5.39 Å². The Kier molecular flexibility index (Phi) is 8.53. The summed E-state index contributed by atoms with van der Waals surface area (Å²) in [6.45, 7) is 1.47. The number of carbonyl (C=O) groups is 2. The highest BCUT2D eigenvalue weighted by Gasteiger charge is 2.21. The molecule has 0 aliphatic heterocycles. The van der Waals surface area contributed by atoms with E-state index in [1.807, 2.05) is 22.9 Å². The smallest absolute Gasteiger partial charge is 0.328 e. The molecule has 4 rings (SSSR count). The van der Waals surface area contributed by atoms with Gasteiger partial charge < -0.3 is 10.3 Å². The van der Waals surface area contributed by atoms with E-state index in [2.05, 4.69) is 15.3 Å². The summed E-state index contributed by atoms with van der Waals surface area (Å²) in [5.41, 5.74) is 1.38. The van der Waals surface area contributed by atoms with Crippen LogP contribution >= 0.6 is 0 Å². The quantitative estimate of drug-likeness (QED) is 0.509. The summed E-state index contributed by atoms with van der Waals surface area (Å²) in [6.07, 6.45) is 6.69. The van der Waals surface area contributed by atoms with Crippen LogP contribution in [0.1, 0.15) is 44.6 Å². The number of carbonyl (C=O) groups excluding carboxylic acids is 2. The predicted octanol–water partition coefficient (Wildman–Crippen LogP) is 3.06. The molecular weight excluding hydrogens is 456 g/mol. The number of aromatic amines is 1. The summed E-state index contributed by atoms with van der Waals surface area (Å²) in [4.78, 5) is 40.5. The van der Waals surface area contributed by atoms with Crippen molar-refractivity contribution in [2.45, 2.75) is 56.4 Å². The van der Waals surface area contributed by atoms with Gasteiger partial charge in [0.15, 0.2) is 0 Å². The van der Waals surface area contributed by atoms with Gasteiger partial charge in [0.25, 0.3) is 15.6 Å². The summed E-state index contributed by atoms with van der Waals surface area (Å²) in [7, 11) is -3.90. The average molecular weight is 485 g/mol. The van der Waals surface area contributed by atoms with Crippen LogP contribution in [0.2, 0.25) is 0 Å². The van der Waals surface area contributed by atoms with E-state index in [-0.39, 0.29) is 28.7 Å². The van der Waals surface area contributed by atoms with Crippen LogP contribution < -0.4 is 15.6 Å². The Bertz CT molecular complexity index is 1290. The standard InChI is InChI=1S/C16H22N2O4S.C8H6N2O/c1-12(19)11-13-7-9-15(10-8-13)23(21,22)18-16(20)17-14-5-3-2-4-6-14;11-8-6-3-1-2-4-7(6)9-5-10-8/h7-10,14H,2-6,11H2,1H3,(H2,17,18,20);1-5H,(H,9,10,11). The third kappa shape index (κ3) is 7.24. The van der Waals surface area contributed by atoms with Crippen LogP contribution in [0, 0.1) is 0 Å². The van der Waals surface area contributed by atoms with Crippen LogP contribution in [0.5, 0.6) is 0 Å². The molecule has 9 nitrogen and oxygen atoms in total. The Morgan fingerprint density at radius 3 is 2.35 bits per heavy atom. The van der Waals surface area contributed by atoms with Crippen LogP contribution in [0.4, 0.5) is 4.79 Å². The van der Waals surface area contributed by atoms with Gasteiger partial charge in [-0.2, -0.15) is 0 Å². The van der Waals surface area contributed by atoms with Crippen LogP contribution in [0.15, 0.2) is 64.5 Å². The number of Topliss-reactive ketones (excluding diaryl/α,β-unsaturated/α-hetero) is 1. The highest BCUT2D eigenvalue weighted by molar-refractivity contribution is 7.90. The number of nitrogens with one attached hydrogen (secondary N) is 3. The van der Waals surface area contributed by atoms with Gasteiger partial charge in [-0.05, 0) is 49.6 Å². The van der Waals surface area contributed by atoms with Gasteiger partial charge in [-0.25, -0.2) is 22.9 Å². The number of benzene rings is 2. The monoisotopic (exact) mass is 484 g/mol. The number of hydrogen-bond acceptors (Lipinski definition) is 6. The van der Waals surface area contributed by atoms with Crippen molar-refractivity contribution in [3.8, 4) is 0 Å². The van der Waals surface area contributed by atoms with Crippen molar-refractivity contribution in [2.24, 2.45) is 0 Å². The van der Waals surface area contributed by atoms with Crippen molar-refractivity contribution < 1.29 is 18.0 Å². The third-order valence-corrected chi connectivity index (χ3v) is 6.75. The molecule has 180 valence electrons. The number of hydrogen-bond donors (Lipinski definition) is 3. The Morgan fingerprint density at radius 2 is 1.71 bits per heavy atom. The van der Waals surface area contributed by atoms with E-state index < -0.39 is 16.1 Å². The molecule has 0 saturated heterocycles. The first kappa shape index (κ1) is 25.1. The molecule has 0 spiro atoms. The molecule has 0 radical (unpaired) electrons. The number of rotatable bonds is 5. The molecule has 10 heteroatoms. The van der Waals surface area contributed by atoms with Gasteiger partial charge in [0.2, 0.25) is 0 Å². The summed E-state index contributed by atoms with van der Waals surface area (Å²) in [5, 5.41) is 3.34. The highest BCUT2D eigenvalue weighted by Crippen LogP contribution is 2.17. The van der Waals surface area contributed by atoms with Gasteiger partial charge in [0.05, 0.1) is 22.1 Å². The lowest BCUT2D eigenvalue weighted by Crippen LogP contribution is -2.45. The Balaban J connectivity index is 0.000000243. The normalized spacial score (nSPS) is 14.0. The van der Waals surface area contributed by atoms with E-state index in [1.54, 1.807) is 18.2 Å². The van der Waals surface area contributed by atoms with E-state index in [9.17, 15) is 22.8 Å². The van der Waals surface area contributed by atoms with Gasteiger partial charge in [0, 0.05) is 12.5 Å². The number of para-hydroxylation sites is 1. The first-order valence-electron chi connectivity index (χ1n) is 11.1. The molecule has 1 aliphatic carbocycles. The fourth-order valence-corrected chi connectivity index (χ4v) is 4.65. The number of amides is 2. The molecule has 0 unspecified atom stereocenters. The van der Waals surface area contributed by atoms with Gasteiger partial charge >= 0.3 is 6.03 Å². The van der Waals surface area contributed by atoms with Crippen LogP contribution in [0.3, 0.4) is 0 Å². The van der Waals surface area contributed by atoms with E-state index in [4.69, 9.17) is 0 Å². The molecule has 1 aromatic heterocycles. The molecule has 1 heterocycles. The van der Waals surface area contributed by atoms with Crippen molar-refractivity contribution >= 4 is 32.7 Å². The van der Waals surface area contributed by atoms with Crippen LogP contribution in [-0.2, 0) is 21.2 Å². The molecule has 2 amide bonds. The topological polar surface area (TPSA) is 138 Å². The maximum Gasteiger partial charge on any atom is 0.328 e. The van der Waals surface area contributed by atoms with E-state index in [0.717, 1.165) is 43.2 Å². The van der Waals surface area contributed by atoms with E-state index >= 15 is 0 Å². The number of ketones is 1. The molecular formula is C24H28N4O5S. The van der Waals surface area contributed by atoms with Gasteiger partial charge in [-0.1, -0.05) is 43.5 Å². The first-order valence-corrected chi connectivity index (χ1v) is 12.6. The molecule has 3 aromatic rings. The van der Waals surface area contributed by atoms with Crippen LogP contribution in [-0.4, -0.2) is 36.2 Å². The second-order valence-electron chi connectivity index (χ2n) is 8.19. The zero-order valence-corrected chi connectivity index (χ0v) is 19.7. The van der Waals surface area contributed by atoms with Crippen molar-refractivity contribution in [1.82, 2.24) is 20.0 Å². The van der Waals surface area contributed by atoms with Gasteiger partial charge in [0.1, 0.15) is 5.78 Å². The fourth-order valence-electron chi connectivity index (χ4n) is 3.73. The molecule has 0 atom stereocenters. The zero-order chi connectivity index (χ0) is 24.6. The number of H-pyrrole nitrogens is 1. The molecule has 3 N–H and O–H groups in total. The van der Waals surface area contributed by atoms with Gasteiger partial charge in [-0.15, -0.1) is 0 Å². The summed E-state index contributed by atoms with van der Waals surface area (Å²) < 4.78 is 26.4. The number of nitrogens with zero attached hydrogens (tertiary/aromatic N) is 1. The Hall–Kier alpha value is -3.53. The van der Waals surface area contributed by atoms with Crippen LogP contribution in [0.25, 0.3) is 10.9 Å². The molecule has 0 bridgehead atoms. The minimum atomic E-state index is -3.90. The minimum Gasteiger partial charge on any atom is -0.335 e. The van der Waals surface area contributed by atoms with Crippen molar-refractivity contribution in [2.75, 3.05) is 0 Å². The maximum atomic E-state index is 12.2. The minimum absolute atomic E-state index is 0.00333. The number of aromatic nitrogens is 2. The molecule has 1 saturated carbocycles. The molecule has 34 heavy (non-hydrogen) atoms. The lowest BCUT2D eigenvalue weighted by atomic mass is 9.96. The average Bonchev–Trinajstić information content (AvgIpc) is 2.80. The summed E-state index contributed by atoms with van der Waals surface area (Å²) >= 11 is 0.